The minimum absolute atomic E-state index is 0.0719. The summed E-state index contributed by atoms with van der Waals surface area (Å²) in [6.45, 7) is 1.78. The average molecular weight is 300 g/mol. The van der Waals surface area contributed by atoms with Crippen LogP contribution in [0, 0.1) is 17.7 Å². The number of carboxylic acids is 1. The number of carbonyl (C=O) groups is 1. The molecule has 2 atom stereocenters. The lowest BCUT2D eigenvalue weighted by atomic mass is 9.83. The van der Waals surface area contributed by atoms with Gasteiger partial charge in [0.2, 0.25) is 0 Å². The third kappa shape index (κ3) is 2.43. The Hall–Kier alpha value is -2.76. The molecule has 5 nitrogen and oxygen atoms in total. The van der Waals surface area contributed by atoms with Gasteiger partial charge in [-0.05, 0) is 12.1 Å². The predicted octanol–water partition coefficient (Wildman–Crippen LogP) is 3.17. The first kappa shape index (κ1) is 14.2. The fourth-order valence-electron chi connectivity index (χ4n) is 2.45. The van der Waals surface area contributed by atoms with Crippen molar-refractivity contribution in [3.63, 3.8) is 0 Å². The second-order valence-electron chi connectivity index (χ2n) is 5.06. The third-order valence-corrected chi connectivity index (χ3v) is 3.70. The second-order valence-corrected chi connectivity index (χ2v) is 5.06. The number of allylic oxidation sites excluding steroid dienone is 3. The molecule has 1 aliphatic carbocycles. The molecule has 22 heavy (non-hydrogen) atoms. The van der Waals surface area contributed by atoms with Crippen LogP contribution in [0.4, 0.5) is 4.39 Å². The van der Waals surface area contributed by atoms with Crippen molar-refractivity contribution in [2.75, 3.05) is 0 Å². The molecule has 0 saturated carbocycles. The molecule has 0 saturated heterocycles. The number of halogens is 1. The molecule has 2 aromatic rings. The van der Waals surface area contributed by atoms with E-state index in [0.717, 1.165) is 0 Å². The summed E-state index contributed by atoms with van der Waals surface area (Å²) in [5, 5.41) is 13.1. The maximum Gasteiger partial charge on any atom is 0.310 e. The van der Waals surface area contributed by atoms with E-state index < -0.39 is 17.7 Å². The minimum atomic E-state index is -0.910. The lowest BCUT2D eigenvalue weighted by molar-refractivity contribution is -0.140. The van der Waals surface area contributed by atoms with Crippen LogP contribution in [0.2, 0.25) is 0 Å². The van der Waals surface area contributed by atoms with Crippen LogP contribution in [0.1, 0.15) is 12.7 Å². The molecule has 1 aromatic carbocycles. The van der Waals surface area contributed by atoms with E-state index in [1.165, 1.54) is 6.07 Å². The molecule has 112 valence electrons. The van der Waals surface area contributed by atoms with Gasteiger partial charge in [0.15, 0.2) is 5.82 Å². The summed E-state index contributed by atoms with van der Waals surface area (Å²) in [5.74, 6) is -1.95. The van der Waals surface area contributed by atoms with Gasteiger partial charge < -0.3 is 9.63 Å². The topological polar surface area (TPSA) is 76.2 Å². The number of aliphatic carboxylic acids is 1. The standard InChI is InChI=1S/C16H13FN2O3/c1-9-10(6-4-7-11(9)16(20)21)14-18-15(22-19-14)12-5-2-3-8-13(12)17/h2-9,11H,1H3,(H,20,21). The molecule has 1 aliphatic rings. The molecule has 1 aromatic heterocycles. The molecule has 0 spiro atoms. The highest BCUT2D eigenvalue weighted by atomic mass is 19.1. The predicted molar refractivity (Wildman–Crippen MR) is 77.1 cm³/mol. The van der Waals surface area contributed by atoms with Crippen LogP contribution in [0.15, 0.2) is 47.0 Å². The zero-order valence-corrected chi connectivity index (χ0v) is 11.7. The van der Waals surface area contributed by atoms with Crippen LogP contribution in [0.25, 0.3) is 17.0 Å². The molecule has 6 heteroatoms. The largest absolute Gasteiger partial charge is 0.481 e. The number of hydrogen-bond acceptors (Lipinski definition) is 4. The fraction of sp³-hybridized carbons (Fsp3) is 0.188. The maximum absolute atomic E-state index is 13.7. The van der Waals surface area contributed by atoms with E-state index in [1.54, 1.807) is 43.4 Å². The normalized spacial score (nSPS) is 20.7. The third-order valence-electron chi connectivity index (χ3n) is 3.70. The summed E-state index contributed by atoms with van der Waals surface area (Å²) in [7, 11) is 0. The number of nitrogens with zero attached hydrogens (tertiary/aromatic N) is 2. The Morgan fingerprint density at radius 1 is 1.36 bits per heavy atom. The number of carboxylic acid groups (broad SMARTS) is 1. The SMILES string of the molecule is CC1C(c2noc(-c3ccccc3F)n2)=CC=CC1C(=O)O. The average Bonchev–Trinajstić information content (AvgIpc) is 2.97. The monoisotopic (exact) mass is 300 g/mol. The van der Waals surface area contributed by atoms with Crippen molar-refractivity contribution in [3.05, 3.63) is 54.1 Å². The first-order valence-corrected chi connectivity index (χ1v) is 6.78. The van der Waals surface area contributed by atoms with Crippen LogP contribution >= 0.6 is 0 Å². The molecule has 2 unspecified atom stereocenters. The van der Waals surface area contributed by atoms with Gasteiger partial charge >= 0.3 is 5.97 Å². The molecule has 0 amide bonds. The zero-order chi connectivity index (χ0) is 15.7. The van der Waals surface area contributed by atoms with Gasteiger partial charge in [0.1, 0.15) is 5.82 Å². The second kappa shape index (κ2) is 5.55. The van der Waals surface area contributed by atoms with Crippen molar-refractivity contribution >= 4 is 11.5 Å². The van der Waals surface area contributed by atoms with Gasteiger partial charge in [-0.3, -0.25) is 4.79 Å². The smallest absolute Gasteiger partial charge is 0.310 e. The minimum Gasteiger partial charge on any atom is -0.481 e. The Bertz CT molecular complexity index is 779. The van der Waals surface area contributed by atoms with Crippen molar-refractivity contribution in [2.45, 2.75) is 6.92 Å². The first-order chi connectivity index (χ1) is 10.6. The van der Waals surface area contributed by atoms with Crippen molar-refractivity contribution in [1.82, 2.24) is 10.1 Å². The zero-order valence-electron chi connectivity index (χ0n) is 11.7. The van der Waals surface area contributed by atoms with Gasteiger partial charge in [0, 0.05) is 11.5 Å². The molecule has 0 aliphatic heterocycles. The van der Waals surface area contributed by atoms with Crippen molar-refractivity contribution in [3.8, 4) is 11.5 Å². The number of benzene rings is 1. The van der Waals surface area contributed by atoms with Crippen LogP contribution < -0.4 is 0 Å². The Labute approximate surface area is 125 Å². The summed E-state index contributed by atoms with van der Waals surface area (Å²) < 4.78 is 18.9. The quantitative estimate of drug-likeness (QED) is 0.942. The van der Waals surface area contributed by atoms with Crippen LogP contribution in [0.3, 0.4) is 0 Å². The van der Waals surface area contributed by atoms with Crippen molar-refractivity contribution in [2.24, 2.45) is 11.8 Å². The van der Waals surface area contributed by atoms with Gasteiger partial charge in [0.05, 0.1) is 11.5 Å². The fourth-order valence-corrected chi connectivity index (χ4v) is 2.45. The van der Waals surface area contributed by atoms with E-state index in [-0.39, 0.29) is 23.2 Å². The van der Waals surface area contributed by atoms with Gasteiger partial charge in [0.25, 0.3) is 5.89 Å². The van der Waals surface area contributed by atoms with E-state index in [0.29, 0.717) is 5.57 Å². The highest BCUT2D eigenvalue weighted by Gasteiger charge is 2.30. The van der Waals surface area contributed by atoms with E-state index in [2.05, 4.69) is 10.1 Å². The van der Waals surface area contributed by atoms with Crippen LogP contribution in [-0.4, -0.2) is 21.2 Å². The van der Waals surface area contributed by atoms with Crippen molar-refractivity contribution in [1.29, 1.82) is 0 Å². The van der Waals surface area contributed by atoms with Crippen molar-refractivity contribution < 1.29 is 18.8 Å². The molecule has 0 radical (unpaired) electrons. The van der Waals surface area contributed by atoms with Crippen LogP contribution in [0.5, 0.6) is 0 Å². The Morgan fingerprint density at radius 3 is 2.86 bits per heavy atom. The molecule has 1 heterocycles. The maximum atomic E-state index is 13.7. The van der Waals surface area contributed by atoms with Gasteiger partial charge in [-0.2, -0.15) is 4.98 Å². The van der Waals surface area contributed by atoms with E-state index >= 15 is 0 Å². The van der Waals surface area contributed by atoms with E-state index in [1.807, 2.05) is 0 Å². The lowest BCUT2D eigenvalue weighted by Crippen LogP contribution is -2.22. The Balaban J connectivity index is 1.95. The lowest BCUT2D eigenvalue weighted by Gasteiger charge is -2.20. The van der Waals surface area contributed by atoms with Gasteiger partial charge in [-0.15, -0.1) is 0 Å². The van der Waals surface area contributed by atoms with E-state index in [4.69, 9.17) is 4.52 Å². The summed E-state index contributed by atoms with van der Waals surface area (Å²) >= 11 is 0. The van der Waals surface area contributed by atoms with Gasteiger partial charge in [-0.1, -0.05) is 42.4 Å². The molecular weight excluding hydrogens is 287 g/mol. The van der Waals surface area contributed by atoms with Gasteiger partial charge in [-0.25, -0.2) is 4.39 Å². The molecular formula is C16H13FN2O3. The molecule has 0 fully saturated rings. The summed E-state index contributed by atoms with van der Waals surface area (Å²) in [4.78, 5) is 15.4. The molecule has 0 bridgehead atoms. The number of aromatic nitrogens is 2. The molecule has 1 N–H and O–H groups in total. The Kier molecular flexibility index (Phi) is 3.58. The number of hydrogen-bond donors (Lipinski definition) is 1. The highest BCUT2D eigenvalue weighted by Crippen LogP contribution is 2.33. The molecule has 3 rings (SSSR count). The Morgan fingerprint density at radius 2 is 2.14 bits per heavy atom. The summed E-state index contributed by atoms with van der Waals surface area (Å²) in [6.07, 6.45) is 5.03. The highest BCUT2D eigenvalue weighted by molar-refractivity contribution is 5.79. The summed E-state index contributed by atoms with van der Waals surface area (Å²) in [6, 6.07) is 6.11. The van der Waals surface area contributed by atoms with Crippen LogP contribution in [-0.2, 0) is 4.79 Å². The number of rotatable bonds is 3. The first-order valence-electron chi connectivity index (χ1n) is 6.78. The summed E-state index contributed by atoms with van der Waals surface area (Å²) in [5.41, 5.74) is 0.872. The van der Waals surface area contributed by atoms with E-state index in [9.17, 15) is 14.3 Å².